The minimum absolute atomic E-state index is 0.551. The minimum atomic E-state index is 0.551. The van der Waals surface area contributed by atoms with Crippen LogP contribution in [-0.4, -0.2) is 12.1 Å². The fourth-order valence-electron chi connectivity index (χ4n) is 0.536. The summed E-state index contributed by atoms with van der Waals surface area (Å²) >= 11 is 0. The number of nitrogen functional groups attached to an aromatic ring is 1. The van der Waals surface area contributed by atoms with Crippen molar-refractivity contribution in [3.8, 4) is 5.88 Å². The summed E-state index contributed by atoms with van der Waals surface area (Å²) in [6, 6.07) is 3.38. The van der Waals surface area contributed by atoms with Gasteiger partial charge in [-0.15, -0.1) is 0 Å². The second kappa shape index (κ2) is 10.8. The van der Waals surface area contributed by atoms with Crippen LogP contribution in [-0.2, 0) is 0 Å². The summed E-state index contributed by atoms with van der Waals surface area (Å²) in [5, 5.41) is 0. The zero-order chi connectivity index (χ0) is 10.7. The lowest BCUT2D eigenvalue weighted by Crippen LogP contribution is -1.89. The molecule has 3 heteroatoms. The van der Waals surface area contributed by atoms with Crippen LogP contribution in [0.25, 0.3) is 0 Å². The van der Waals surface area contributed by atoms with E-state index >= 15 is 0 Å². The summed E-state index contributed by atoms with van der Waals surface area (Å²) in [5.74, 6) is 0.551. The molecule has 0 spiro atoms. The predicted molar refractivity (Wildman–Crippen MR) is 57.9 cm³/mol. The maximum atomic E-state index is 5.41. The Balaban J connectivity index is 0. The maximum Gasteiger partial charge on any atom is 0.214 e. The Bertz CT molecular complexity index is 202. The van der Waals surface area contributed by atoms with Crippen molar-refractivity contribution in [1.29, 1.82) is 0 Å². The highest BCUT2D eigenvalue weighted by Crippen LogP contribution is 2.08. The molecule has 0 aliphatic carbocycles. The van der Waals surface area contributed by atoms with E-state index in [9.17, 15) is 0 Å². The van der Waals surface area contributed by atoms with Gasteiger partial charge in [-0.2, -0.15) is 0 Å². The van der Waals surface area contributed by atoms with E-state index in [1.165, 1.54) is 0 Å². The lowest BCUT2D eigenvalue weighted by molar-refractivity contribution is 0.398. The average Bonchev–Trinajstić information content (AvgIpc) is 2.24. The summed E-state index contributed by atoms with van der Waals surface area (Å²) in [4.78, 5) is 3.86. The van der Waals surface area contributed by atoms with Gasteiger partial charge in [-0.25, -0.2) is 4.98 Å². The minimum Gasteiger partial charge on any atom is -0.481 e. The third kappa shape index (κ3) is 7.12. The Kier molecular flexibility index (Phi) is 11.8. The number of rotatable bonds is 1. The van der Waals surface area contributed by atoms with E-state index in [4.69, 9.17) is 10.5 Å². The molecular formula is C10H20N2O. The molecule has 0 unspecified atom stereocenters. The Morgan fingerprint density at radius 3 is 2.08 bits per heavy atom. The first-order chi connectivity index (χ1) is 6.33. The SMILES string of the molecule is CC.CC.COc1cc(N)ccn1. The number of hydrogen-bond donors (Lipinski definition) is 1. The Morgan fingerprint density at radius 1 is 1.23 bits per heavy atom. The molecule has 0 bridgehead atoms. The van der Waals surface area contributed by atoms with Crippen molar-refractivity contribution >= 4 is 5.69 Å². The molecule has 76 valence electrons. The Hall–Kier alpha value is -1.25. The van der Waals surface area contributed by atoms with Crippen LogP contribution in [0.3, 0.4) is 0 Å². The second-order valence-electron chi connectivity index (χ2n) is 1.63. The molecule has 1 aromatic heterocycles. The fourth-order valence-corrected chi connectivity index (χ4v) is 0.536. The predicted octanol–water partition coefficient (Wildman–Crippen LogP) is 2.72. The lowest BCUT2D eigenvalue weighted by atomic mass is 10.4. The molecule has 0 radical (unpaired) electrons. The van der Waals surface area contributed by atoms with Crippen LogP contribution in [0.15, 0.2) is 18.3 Å². The number of methoxy groups -OCH3 is 1. The third-order valence-corrected chi connectivity index (χ3v) is 0.968. The summed E-state index contributed by atoms with van der Waals surface area (Å²) in [6.45, 7) is 8.00. The first-order valence-electron chi connectivity index (χ1n) is 4.58. The summed E-state index contributed by atoms with van der Waals surface area (Å²) in [7, 11) is 1.56. The molecule has 0 aliphatic heterocycles. The number of nitrogens with two attached hydrogens (primary N) is 1. The zero-order valence-electron chi connectivity index (χ0n) is 9.16. The molecule has 0 fully saturated rings. The smallest absolute Gasteiger partial charge is 0.214 e. The van der Waals surface area contributed by atoms with E-state index in [2.05, 4.69) is 4.98 Å². The molecule has 0 atom stereocenters. The third-order valence-electron chi connectivity index (χ3n) is 0.968. The standard InChI is InChI=1S/C6H8N2O.2C2H6/c1-9-6-4-5(7)2-3-8-6;2*1-2/h2-4H,1H3,(H2,7,8);2*1-2H3. The molecular weight excluding hydrogens is 164 g/mol. The van der Waals surface area contributed by atoms with Crippen LogP contribution in [0, 0.1) is 0 Å². The largest absolute Gasteiger partial charge is 0.481 e. The number of ether oxygens (including phenoxy) is 1. The molecule has 0 saturated heterocycles. The Morgan fingerprint density at radius 2 is 1.77 bits per heavy atom. The number of pyridine rings is 1. The van der Waals surface area contributed by atoms with Gasteiger partial charge in [-0.1, -0.05) is 27.7 Å². The molecule has 0 amide bonds. The summed E-state index contributed by atoms with van der Waals surface area (Å²) < 4.78 is 4.80. The van der Waals surface area contributed by atoms with E-state index in [1.807, 2.05) is 27.7 Å². The topological polar surface area (TPSA) is 48.1 Å². The highest BCUT2D eigenvalue weighted by Gasteiger charge is 1.88. The van der Waals surface area contributed by atoms with Crippen molar-refractivity contribution in [3.05, 3.63) is 18.3 Å². The maximum absolute atomic E-state index is 5.41. The molecule has 1 heterocycles. The molecule has 0 aromatic carbocycles. The van der Waals surface area contributed by atoms with Gasteiger partial charge in [0.1, 0.15) is 0 Å². The molecule has 0 aliphatic rings. The lowest BCUT2D eigenvalue weighted by Gasteiger charge is -1.96. The van der Waals surface area contributed by atoms with Gasteiger partial charge in [-0.3, -0.25) is 0 Å². The van der Waals surface area contributed by atoms with E-state index in [-0.39, 0.29) is 0 Å². The van der Waals surface area contributed by atoms with Crippen LogP contribution in [0.5, 0.6) is 5.88 Å². The molecule has 13 heavy (non-hydrogen) atoms. The van der Waals surface area contributed by atoms with Crippen molar-refractivity contribution in [2.24, 2.45) is 0 Å². The fraction of sp³-hybridized carbons (Fsp3) is 0.500. The molecule has 0 saturated carbocycles. The number of anilines is 1. The monoisotopic (exact) mass is 184 g/mol. The van der Waals surface area contributed by atoms with E-state index in [0.29, 0.717) is 11.6 Å². The first-order valence-corrected chi connectivity index (χ1v) is 4.58. The van der Waals surface area contributed by atoms with Crippen molar-refractivity contribution in [2.75, 3.05) is 12.8 Å². The normalized spacial score (nSPS) is 7.15. The molecule has 1 rings (SSSR count). The summed E-state index contributed by atoms with van der Waals surface area (Å²) in [6.07, 6.45) is 1.61. The Labute approximate surface area is 80.9 Å². The van der Waals surface area contributed by atoms with Crippen molar-refractivity contribution in [1.82, 2.24) is 4.98 Å². The van der Waals surface area contributed by atoms with Gasteiger partial charge in [-0.05, 0) is 6.07 Å². The van der Waals surface area contributed by atoms with E-state index < -0.39 is 0 Å². The number of aromatic nitrogens is 1. The van der Waals surface area contributed by atoms with Crippen LogP contribution < -0.4 is 10.5 Å². The van der Waals surface area contributed by atoms with Gasteiger partial charge >= 0.3 is 0 Å². The zero-order valence-corrected chi connectivity index (χ0v) is 9.16. The number of nitrogens with zero attached hydrogens (tertiary/aromatic N) is 1. The molecule has 3 nitrogen and oxygen atoms in total. The van der Waals surface area contributed by atoms with E-state index in [1.54, 1.807) is 25.4 Å². The van der Waals surface area contributed by atoms with Gasteiger partial charge in [0.05, 0.1) is 7.11 Å². The quantitative estimate of drug-likeness (QED) is 0.730. The number of hydrogen-bond acceptors (Lipinski definition) is 3. The second-order valence-corrected chi connectivity index (χ2v) is 1.63. The van der Waals surface area contributed by atoms with Gasteiger partial charge in [0, 0.05) is 18.0 Å². The summed E-state index contributed by atoms with van der Waals surface area (Å²) in [5.41, 5.74) is 6.08. The average molecular weight is 184 g/mol. The van der Waals surface area contributed by atoms with Gasteiger partial charge in [0.2, 0.25) is 5.88 Å². The van der Waals surface area contributed by atoms with Crippen LogP contribution in [0.1, 0.15) is 27.7 Å². The van der Waals surface area contributed by atoms with Crippen LogP contribution in [0.4, 0.5) is 5.69 Å². The van der Waals surface area contributed by atoms with Crippen molar-refractivity contribution in [3.63, 3.8) is 0 Å². The van der Waals surface area contributed by atoms with Crippen LogP contribution in [0.2, 0.25) is 0 Å². The van der Waals surface area contributed by atoms with Gasteiger partial charge in [0.15, 0.2) is 0 Å². The van der Waals surface area contributed by atoms with E-state index in [0.717, 1.165) is 0 Å². The van der Waals surface area contributed by atoms with Gasteiger partial charge in [0.25, 0.3) is 0 Å². The molecule has 2 N–H and O–H groups in total. The van der Waals surface area contributed by atoms with Crippen molar-refractivity contribution < 1.29 is 4.74 Å². The highest BCUT2D eigenvalue weighted by molar-refractivity contribution is 5.39. The van der Waals surface area contributed by atoms with Gasteiger partial charge < -0.3 is 10.5 Å². The van der Waals surface area contributed by atoms with Crippen molar-refractivity contribution in [2.45, 2.75) is 27.7 Å². The first kappa shape index (κ1) is 14.3. The highest BCUT2D eigenvalue weighted by atomic mass is 16.5. The molecule has 1 aromatic rings. The van der Waals surface area contributed by atoms with Crippen LogP contribution >= 0.6 is 0 Å².